The van der Waals surface area contributed by atoms with Gasteiger partial charge >= 0.3 is 5.97 Å². The van der Waals surface area contributed by atoms with Crippen molar-refractivity contribution in [3.8, 4) is 0 Å². The average molecular weight is 434 g/mol. The van der Waals surface area contributed by atoms with Crippen LogP contribution in [-0.2, 0) is 19.1 Å². The molecule has 134 valence electrons. The molecule has 0 radical (unpaired) electrons. The van der Waals surface area contributed by atoms with E-state index in [1.165, 1.54) is 28.4 Å². The highest BCUT2D eigenvalue weighted by molar-refractivity contribution is 8.02. The van der Waals surface area contributed by atoms with Gasteiger partial charge in [0, 0.05) is 6.42 Å². The number of amides is 2. The summed E-state index contributed by atoms with van der Waals surface area (Å²) in [4.78, 5) is 38.3. The number of carbonyl (C=O) groups excluding carboxylic acids is 3. The Morgan fingerprint density at radius 3 is 2.75 bits per heavy atom. The number of alkyl halides is 3. The Kier molecular flexibility index (Phi) is 4.70. The van der Waals surface area contributed by atoms with Crippen LogP contribution in [0, 0.1) is 0 Å². The first-order chi connectivity index (χ1) is 11.1. The van der Waals surface area contributed by atoms with E-state index in [0.717, 1.165) is 0 Å². The molecule has 0 aromatic heterocycles. The Morgan fingerprint density at radius 2 is 2.17 bits per heavy atom. The van der Waals surface area contributed by atoms with E-state index in [-0.39, 0.29) is 29.5 Å². The molecule has 1 saturated carbocycles. The number of nitrogens with one attached hydrogen (secondary N) is 1. The van der Waals surface area contributed by atoms with Crippen molar-refractivity contribution in [3.05, 3.63) is 0 Å². The molecular weight excluding hydrogens is 419 g/mol. The molecular formula is C13H15Cl3N2O4S2. The van der Waals surface area contributed by atoms with Gasteiger partial charge in [-0.1, -0.05) is 34.8 Å². The van der Waals surface area contributed by atoms with Crippen LogP contribution in [0.1, 0.15) is 13.3 Å². The summed E-state index contributed by atoms with van der Waals surface area (Å²) < 4.78 is 2.99. The lowest BCUT2D eigenvalue weighted by Gasteiger charge is -2.46. The van der Waals surface area contributed by atoms with Crippen molar-refractivity contribution in [2.45, 2.75) is 38.8 Å². The van der Waals surface area contributed by atoms with Crippen molar-refractivity contribution < 1.29 is 19.1 Å². The van der Waals surface area contributed by atoms with Crippen LogP contribution in [0.2, 0.25) is 0 Å². The third kappa shape index (κ3) is 2.78. The predicted octanol–water partition coefficient (Wildman–Crippen LogP) is 1.56. The van der Waals surface area contributed by atoms with Gasteiger partial charge in [0.1, 0.15) is 18.0 Å². The molecule has 0 aromatic carbocycles. The predicted molar refractivity (Wildman–Crippen MR) is 95.5 cm³/mol. The van der Waals surface area contributed by atoms with Gasteiger partial charge in [-0.25, -0.2) is 4.79 Å². The smallest absolute Gasteiger partial charge is 0.333 e. The molecule has 3 fully saturated rings. The van der Waals surface area contributed by atoms with Crippen LogP contribution in [-0.4, -0.2) is 66.8 Å². The first-order valence-corrected chi connectivity index (χ1v) is 10.5. The monoisotopic (exact) mass is 432 g/mol. The minimum Gasteiger partial charge on any atom is -0.459 e. The van der Waals surface area contributed by atoms with Crippen molar-refractivity contribution in [2.75, 3.05) is 18.6 Å². The molecule has 11 heteroatoms. The molecule has 6 nitrogen and oxygen atoms in total. The number of thioether (sulfide) groups is 2. The molecule has 2 heterocycles. The lowest BCUT2D eigenvalue weighted by atomic mass is 10.0. The molecule has 24 heavy (non-hydrogen) atoms. The van der Waals surface area contributed by atoms with E-state index >= 15 is 0 Å². The molecule has 0 bridgehead atoms. The quantitative estimate of drug-likeness (QED) is 0.403. The number of carbonyl (C=O) groups is 3. The highest BCUT2D eigenvalue weighted by Crippen LogP contribution is 2.72. The number of rotatable bonds is 5. The zero-order valence-electron chi connectivity index (χ0n) is 12.8. The summed E-state index contributed by atoms with van der Waals surface area (Å²) in [6.45, 7) is 1.53. The summed E-state index contributed by atoms with van der Waals surface area (Å²) in [5.41, 5.74) is -1.02. The second-order valence-corrected chi connectivity index (χ2v) is 11.2. The minimum atomic E-state index is -1.70. The molecule has 2 amide bonds. The number of hydrogen-bond acceptors (Lipinski definition) is 6. The Balaban J connectivity index is 1.69. The Hall–Kier alpha value is -0.0200. The third-order valence-electron chi connectivity index (χ3n) is 4.47. The van der Waals surface area contributed by atoms with E-state index in [9.17, 15) is 14.4 Å². The summed E-state index contributed by atoms with van der Waals surface area (Å²) in [6, 6.07) is -0.600. The number of esters is 1. The van der Waals surface area contributed by atoms with Gasteiger partial charge in [0.15, 0.2) is 5.54 Å². The van der Waals surface area contributed by atoms with Gasteiger partial charge < -0.3 is 15.0 Å². The molecule has 4 atom stereocenters. The first kappa shape index (κ1) is 18.8. The fraction of sp³-hybridized carbons (Fsp3) is 0.769. The van der Waals surface area contributed by atoms with E-state index in [0.29, 0.717) is 6.42 Å². The van der Waals surface area contributed by atoms with Crippen LogP contribution < -0.4 is 5.32 Å². The van der Waals surface area contributed by atoms with Gasteiger partial charge in [-0.15, -0.1) is 11.8 Å². The van der Waals surface area contributed by atoms with Crippen molar-refractivity contribution in [1.82, 2.24) is 10.2 Å². The fourth-order valence-corrected chi connectivity index (χ4v) is 5.73. The maximum Gasteiger partial charge on any atom is 0.333 e. The van der Waals surface area contributed by atoms with Gasteiger partial charge in [-0.2, -0.15) is 11.8 Å². The molecule has 2 aliphatic heterocycles. The first-order valence-electron chi connectivity index (χ1n) is 7.09. The summed E-state index contributed by atoms with van der Waals surface area (Å²) in [6.07, 6.45) is 2.31. The number of nitrogens with zero attached hydrogens (tertiary/aromatic N) is 1. The molecule has 1 N–H and O–H groups in total. The number of ether oxygens (including phenoxy) is 1. The van der Waals surface area contributed by atoms with Gasteiger partial charge in [0.05, 0.1) is 10.5 Å². The van der Waals surface area contributed by atoms with Gasteiger partial charge in [0.2, 0.25) is 15.6 Å². The largest absolute Gasteiger partial charge is 0.459 e. The molecule has 0 aromatic rings. The van der Waals surface area contributed by atoms with Crippen LogP contribution in [0.4, 0.5) is 0 Å². The Labute approximate surface area is 162 Å². The minimum absolute atomic E-state index is 0.195. The summed E-state index contributed by atoms with van der Waals surface area (Å²) in [5, 5.41) is 2.46. The Morgan fingerprint density at radius 1 is 1.50 bits per heavy atom. The van der Waals surface area contributed by atoms with Crippen LogP contribution in [0.25, 0.3) is 0 Å². The van der Waals surface area contributed by atoms with Gasteiger partial charge in [0.25, 0.3) is 0 Å². The topological polar surface area (TPSA) is 75.7 Å². The third-order valence-corrected chi connectivity index (χ3v) is 7.08. The lowest BCUT2D eigenvalue weighted by molar-refractivity contribution is -0.166. The summed E-state index contributed by atoms with van der Waals surface area (Å²) >= 11 is 19.7. The molecule has 1 aliphatic carbocycles. The van der Waals surface area contributed by atoms with Crippen LogP contribution >= 0.6 is 58.3 Å². The highest BCUT2D eigenvalue weighted by Gasteiger charge is 2.85. The Bertz CT molecular complexity index is 617. The molecule has 2 saturated heterocycles. The highest BCUT2D eigenvalue weighted by atomic mass is 35.6. The van der Waals surface area contributed by atoms with Crippen LogP contribution in [0.15, 0.2) is 0 Å². The fourth-order valence-electron chi connectivity index (χ4n) is 3.31. The molecule has 3 aliphatic rings. The molecule has 0 spiro atoms. The van der Waals surface area contributed by atoms with E-state index in [2.05, 4.69) is 5.32 Å². The van der Waals surface area contributed by atoms with Crippen molar-refractivity contribution >= 4 is 76.1 Å². The van der Waals surface area contributed by atoms with E-state index in [1.807, 2.05) is 13.2 Å². The van der Waals surface area contributed by atoms with E-state index in [4.69, 9.17) is 39.5 Å². The summed E-state index contributed by atoms with van der Waals surface area (Å²) in [7, 11) is 0. The SMILES string of the molecule is CSCC(=O)NC1C(=O)N2[C@@H]1SC1(C)CC21C(=O)OCC(Cl)(Cl)Cl. The molecule has 3 unspecified atom stereocenters. The number of fused-ring (bicyclic) bond motifs is 3. The number of halogens is 3. The van der Waals surface area contributed by atoms with Crippen molar-refractivity contribution in [2.24, 2.45) is 0 Å². The second-order valence-electron chi connectivity index (χ2n) is 6.15. The molecule has 3 rings (SSSR count). The maximum atomic E-state index is 12.5. The van der Waals surface area contributed by atoms with Crippen LogP contribution in [0.5, 0.6) is 0 Å². The van der Waals surface area contributed by atoms with Crippen molar-refractivity contribution in [1.29, 1.82) is 0 Å². The summed E-state index contributed by atoms with van der Waals surface area (Å²) in [5.74, 6) is -0.739. The zero-order chi connectivity index (χ0) is 17.9. The normalized spacial score (nSPS) is 36.5. The maximum absolute atomic E-state index is 12.5. The second kappa shape index (κ2) is 6.01. The average Bonchev–Trinajstić information content (AvgIpc) is 3.00. The standard InChI is InChI=1S/C13H15Cl3N2O4S2/c1-11-4-12(11,10(21)22-5-13(14,15)16)18-8(20)7(9(18)24-11)17-6(19)3-23-2/h7,9H,3-5H2,1-2H3,(H,17,19)/t7?,9-,11?,12?/m1/s1. The van der Waals surface area contributed by atoms with Crippen molar-refractivity contribution in [3.63, 3.8) is 0 Å². The zero-order valence-corrected chi connectivity index (χ0v) is 16.7. The number of hydrogen-bond donors (Lipinski definition) is 1. The van der Waals surface area contributed by atoms with Crippen LogP contribution in [0.3, 0.4) is 0 Å². The van der Waals surface area contributed by atoms with E-state index < -0.39 is 26.1 Å². The lowest BCUT2D eigenvalue weighted by Crippen LogP contribution is -2.72. The van der Waals surface area contributed by atoms with Gasteiger partial charge in [-0.05, 0) is 13.2 Å². The van der Waals surface area contributed by atoms with Gasteiger partial charge in [-0.3, -0.25) is 9.59 Å². The number of β-lactam (4-membered cyclic amide) rings is 1. The van der Waals surface area contributed by atoms with E-state index in [1.54, 1.807) is 0 Å².